The van der Waals surface area contributed by atoms with Crippen LogP contribution in [-0.2, 0) is 17.9 Å². The molecular formula is C25H29ClN4O2S. The smallest absolute Gasteiger partial charge is 0.234 e. The molecule has 8 heteroatoms. The van der Waals surface area contributed by atoms with Gasteiger partial charge in [0.1, 0.15) is 12.4 Å². The number of ether oxygens (including phenoxy) is 1. The van der Waals surface area contributed by atoms with Crippen molar-refractivity contribution in [3.63, 3.8) is 0 Å². The van der Waals surface area contributed by atoms with Crippen molar-refractivity contribution >= 4 is 35.0 Å². The second-order valence-corrected chi connectivity index (χ2v) is 9.43. The van der Waals surface area contributed by atoms with E-state index in [0.29, 0.717) is 34.2 Å². The maximum absolute atomic E-state index is 12.4. The maximum atomic E-state index is 12.4. The van der Waals surface area contributed by atoms with Crippen molar-refractivity contribution < 1.29 is 9.53 Å². The number of hydrogen-bond donors (Lipinski definition) is 1. The molecule has 0 aliphatic rings. The number of nitrogens with zero attached hydrogens (tertiary/aromatic N) is 3. The lowest BCUT2D eigenvalue weighted by atomic mass is 10.0. The number of benzene rings is 2. The van der Waals surface area contributed by atoms with E-state index in [2.05, 4.69) is 48.1 Å². The van der Waals surface area contributed by atoms with E-state index in [4.69, 9.17) is 16.3 Å². The molecule has 0 aliphatic carbocycles. The van der Waals surface area contributed by atoms with E-state index in [9.17, 15) is 4.79 Å². The first-order valence-electron chi connectivity index (χ1n) is 10.7. The summed E-state index contributed by atoms with van der Waals surface area (Å²) in [7, 11) is 0. The van der Waals surface area contributed by atoms with E-state index < -0.39 is 0 Å². The number of nitrogens with one attached hydrogen (secondary N) is 1. The average Bonchev–Trinajstić information content (AvgIpc) is 3.15. The summed E-state index contributed by atoms with van der Waals surface area (Å²) in [6.07, 6.45) is 1.78. The molecule has 0 bridgehead atoms. The summed E-state index contributed by atoms with van der Waals surface area (Å²) < 4.78 is 8.05. The normalized spacial score (nSPS) is 11.0. The Morgan fingerprint density at radius 1 is 1.24 bits per heavy atom. The zero-order valence-electron chi connectivity index (χ0n) is 19.4. The molecular weight excluding hydrogens is 456 g/mol. The highest BCUT2D eigenvalue weighted by Crippen LogP contribution is 2.28. The summed E-state index contributed by atoms with van der Waals surface area (Å²) in [5.41, 5.74) is 3.91. The average molecular weight is 485 g/mol. The van der Waals surface area contributed by atoms with Crippen molar-refractivity contribution in [1.29, 1.82) is 0 Å². The zero-order valence-corrected chi connectivity index (χ0v) is 21.0. The molecule has 0 spiro atoms. The van der Waals surface area contributed by atoms with Gasteiger partial charge in [-0.1, -0.05) is 61.5 Å². The molecule has 0 saturated carbocycles. The lowest BCUT2D eigenvalue weighted by molar-refractivity contribution is -0.113. The predicted molar refractivity (Wildman–Crippen MR) is 135 cm³/mol. The molecule has 1 aromatic heterocycles. The van der Waals surface area contributed by atoms with E-state index in [1.807, 2.05) is 36.6 Å². The summed E-state index contributed by atoms with van der Waals surface area (Å²) in [5.74, 6) is 1.92. The Morgan fingerprint density at radius 3 is 2.73 bits per heavy atom. The minimum absolute atomic E-state index is 0.146. The second kappa shape index (κ2) is 11.4. The minimum Gasteiger partial charge on any atom is -0.485 e. The first kappa shape index (κ1) is 24.9. The van der Waals surface area contributed by atoms with Crippen molar-refractivity contribution in [3.8, 4) is 5.75 Å². The number of anilines is 1. The van der Waals surface area contributed by atoms with Crippen LogP contribution < -0.4 is 10.1 Å². The van der Waals surface area contributed by atoms with Crippen LogP contribution >= 0.6 is 23.4 Å². The van der Waals surface area contributed by atoms with E-state index in [1.54, 1.807) is 12.1 Å². The fraction of sp³-hybridized carbons (Fsp3) is 0.320. The fourth-order valence-electron chi connectivity index (χ4n) is 3.23. The van der Waals surface area contributed by atoms with Crippen molar-refractivity contribution in [2.75, 3.05) is 11.1 Å². The van der Waals surface area contributed by atoms with E-state index in [1.165, 1.54) is 11.8 Å². The van der Waals surface area contributed by atoms with Crippen LogP contribution in [0.25, 0.3) is 0 Å². The van der Waals surface area contributed by atoms with Crippen LogP contribution in [-0.4, -0.2) is 26.4 Å². The molecule has 3 rings (SSSR count). The van der Waals surface area contributed by atoms with Gasteiger partial charge in [0.2, 0.25) is 5.91 Å². The summed E-state index contributed by atoms with van der Waals surface area (Å²) in [6.45, 7) is 12.9. The first-order valence-corrected chi connectivity index (χ1v) is 12.1. The maximum Gasteiger partial charge on any atom is 0.234 e. The SMILES string of the molecule is C=CCn1c(COc2cc(C)ccc2C(C)C)nnc1SCC(=O)Nc1ccc(C)c(Cl)c1. The highest BCUT2D eigenvalue weighted by Gasteiger charge is 2.16. The Bertz CT molecular complexity index is 1140. The van der Waals surface area contributed by atoms with Gasteiger partial charge in [0.05, 0.1) is 5.75 Å². The van der Waals surface area contributed by atoms with Gasteiger partial charge in [0, 0.05) is 17.3 Å². The lowest BCUT2D eigenvalue weighted by Crippen LogP contribution is -2.15. The molecule has 0 fully saturated rings. The van der Waals surface area contributed by atoms with Gasteiger partial charge < -0.3 is 10.1 Å². The van der Waals surface area contributed by atoms with Gasteiger partial charge >= 0.3 is 0 Å². The van der Waals surface area contributed by atoms with Crippen LogP contribution in [0, 0.1) is 13.8 Å². The van der Waals surface area contributed by atoms with Crippen LogP contribution in [0.4, 0.5) is 5.69 Å². The van der Waals surface area contributed by atoms with Gasteiger partial charge in [0.25, 0.3) is 0 Å². The topological polar surface area (TPSA) is 69.0 Å². The number of aromatic nitrogens is 3. The first-order chi connectivity index (χ1) is 15.8. The summed E-state index contributed by atoms with van der Waals surface area (Å²) in [6, 6.07) is 11.7. The number of carbonyl (C=O) groups excluding carboxylic acids is 1. The molecule has 3 aromatic rings. The fourth-order valence-corrected chi connectivity index (χ4v) is 4.18. The Labute approximate surface area is 204 Å². The monoisotopic (exact) mass is 484 g/mol. The number of aryl methyl sites for hydroxylation is 2. The van der Waals surface area contributed by atoms with Crippen LogP contribution in [0.2, 0.25) is 5.02 Å². The van der Waals surface area contributed by atoms with Crippen LogP contribution in [0.3, 0.4) is 0 Å². The molecule has 1 N–H and O–H groups in total. The van der Waals surface area contributed by atoms with E-state index in [-0.39, 0.29) is 18.3 Å². The highest BCUT2D eigenvalue weighted by molar-refractivity contribution is 7.99. The number of thioether (sulfide) groups is 1. The van der Waals surface area contributed by atoms with Gasteiger partial charge in [-0.05, 0) is 54.7 Å². The van der Waals surface area contributed by atoms with Gasteiger partial charge in [-0.15, -0.1) is 16.8 Å². The molecule has 2 aromatic carbocycles. The van der Waals surface area contributed by atoms with Crippen molar-refractivity contribution in [3.05, 3.63) is 76.6 Å². The van der Waals surface area contributed by atoms with Gasteiger partial charge in [-0.2, -0.15) is 0 Å². The Hall–Kier alpha value is -2.77. The number of rotatable bonds is 10. The number of allylic oxidation sites excluding steroid dienone is 1. The molecule has 6 nitrogen and oxygen atoms in total. The second-order valence-electron chi connectivity index (χ2n) is 8.08. The minimum atomic E-state index is -0.146. The van der Waals surface area contributed by atoms with Crippen molar-refractivity contribution in [2.24, 2.45) is 0 Å². The Balaban J connectivity index is 1.67. The number of amides is 1. The third kappa shape index (κ3) is 6.62. The van der Waals surface area contributed by atoms with E-state index >= 15 is 0 Å². The number of halogens is 1. The molecule has 33 heavy (non-hydrogen) atoms. The molecule has 0 radical (unpaired) electrons. The zero-order chi connectivity index (χ0) is 24.0. The molecule has 174 valence electrons. The molecule has 0 saturated heterocycles. The van der Waals surface area contributed by atoms with Crippen molar-refractivity contribution in [2.45, 2.75) is 51.9 Å². The summed E-state index contributed by atoms with van der Waals surface area (Å²) in [5, 5.41) is 12.7. The standard InChI is InChI=1S/C25H29ClN4O2S/c1-6-11-30-23(14-32-22-12-17(4)7-10-20(22)16(2)3)28-29-25(30)33-15-24(31)27-19-9-8-18(5)21(26)13-19/h6-10,12-13,16H,1,11,14-15H2,2-5H3,(H,27,31). The van der Waals surface area contributed by atoms with Crippen LogP contribution in [0.15, 0.2) is 54.2 Å². The molecule has 0 aliphatic heterocycles. The Kier molecular flexibility index (Phi) is 8.58. The third-order valence-corrected chi connectivity index (χ3v) is 6.41. The van der Waals surface area contributed by atoms with Gasteiger partial charge in [0.15, 0.2) is 11.0 Å². The quantitative estimate of drug-likeness (QED) is 0.275. The van der Waals surface area contributed by atoms with Crippen LogP contribution in [0.1, 0.15) is 42.3 Å². The third-order valence-electron chi connectivity index (χ3n) is 5.04. The van der Waals surface area contributed by atoms with Crippen LogP contribution in [0.5, 0.6) is 5.75 Å². The molecule has 1 heterocycles. The lowest BCUT2D eigenvalue weighted by Gasteiger charge is -2.15. The number of carbonyl (C=O) groups is 1. The van der Waals surface area contributed by atoms with Gasteiger partial charge in [-0.25, -0.2) is 0 Å². The number of hydrogen-bond acceptors (Lipinski definition) is 5. The summed E-state index contributed by atoms with van der Waals surface area (Å²) in [4.78, 5) is 12.4. The van der Waals surface area contributed by atoms with Gasteiger partial charge in [-0.3, -0.25) is 9.36 Å². The molecule has 1 amide bonds. The molecule has 0 unspecified atom stereocenters. The van der Waals surface area contributed by atoms with E-state index in [0.717, 1.165) is 22.4 Å². The highest BCUT2D eigenvalue weighted by atomic mass is 35.5. The molecule has 0 atom stereocenters. The Morgan fingerprint density at radius 2 is 2.03 bits per heavy atom. The largest absolute Gasteiger partial charge is 0.485 e. The summed E-state index contributed by atoms with van der Waals surface area (Å²) >= 11 is 7.45. The predicted octanol–water partition coefficient (Wildman–Crippen LogP) is 6.17. The van der Waals surface area contributed by atoms with Crippen molar-refractivity contribution in [1.82, 2.24) is 14.8 Å².